The molecule has 1 fully saturated rings. The fraction of sp³-hybridized carbons (Fsp3) is 0.571. The molecule has 1 saturated heterocycles. The Kier molecular flexibility index (Phi) is 6.90. The van der Waals surface area contributed by atoms with Crippen LogP contribution in [0.3, 0.4) is 0 Å². The third-order valence-corrected chi connectivity index (χ3v) is 3.55. The first-order valence-corrected chi connectivity index (χ1v) is 6.80. The van der Waals surface area contributed by atoms with Gasteiger partial charge in [0, 0.05) is 32.2 Å². The second-order valence-corrected chi connectivity index (χ2v) is 5.00. The largest absolute Gasteiger partial charge is 0.461 e. The number of hydrogen-bond acceptors (Lipinski definition) is 3. The van der Waals surface area contributed by atoms with Gasteiger partial charge in [-0.2, -0.15) is 17.6 Å². The zero-order valence-electron chi connectivity index (χ0n) is 12.1. The number of rotatable bonds is 5. The quantitative estimate of drug-likeness (QED) is 0.831. The second kappa shape index (κ2) is 7.99. The van der Waals surface area contributed by atoms with Gasteiger partial charge >= 0.3 is 12.5 Å². The van der Waals surface area contributed by atoms with Crippen LogP contribution in [-0.2, 0) is 0 Å². The first-order chi connectivity index (χ1) is 9.90. The first kappa shape index (κ1) is 19.0. The van der Waals surface area contributed by atoms with Gasteiger partial charge in [0.25, 0.3) is 0 Å². The average molecular weight is 343 g/mol. The third-order valence-electron chi connectivity index (χ3n) is 3.55. The molecule has 1 aliphatic heterocycles. The molecule has 0 spiro atoms. The van der Waals surface area contributed by atoms with Gasteiger partial charge in [0.05, 0.1) is 0 Å². The minimum Gasteiger partial charge on any atom is -0.428 e. The molecule has 22 heavy (non-hydrogen) atoms. The highest BCUT2D eigenvalue weighted by Gasteiger charge is 2.44. The predicted octanol–water partition coefficient (Wildman–Crippen LogP) is 3.31. The summed E-state index contributed by atoms with van der Waals surface area (Å²) in [5.41, 5.74) is 0.763. The summed E-state index contributed by atoms with van der Waals surface area (Å²) in [6, 6.07) is 5.97. The summed E-state index contributed by atoms with van der Waals surface area (Å²) in [6.07, 6.45) is -8.33. The zero-order chi connectivity index (χ0) is 15.5. The Morgan fingerprint density at radius 3 is 2.45 bits per heavy atom. The van der Waals surface area contributed by atoms with Crippen molar-refractivity contribution in [3.05, 3.63) is 29.8 Å². The molecule has 0 aromatic heterocycles. The highest BCUT2D eigenvalue weighted by atomic mass is 35.5. The van der Waals surface area contributed by atoms with Crippen molar-refractivity contribution in [1.29, 1.82) is 0 Å². The van der Waals surface area contributed by atoms with E-state index in [0.717, 1.165) is 31.7 Å². The monoisotopic (exact) mass is 342 g/mol. The lowest BCUT2D eigenvalue weighted by atomic mass is 10.1. The van der Waals surface area contributed by atoms with E-state index in [1.807, 2.05) is 6.92 Å². The van der Waals surface area contributed by atoms with E-state index in [-0.39, 0.29) is 24.2 Å². The van der Waals surface area contributed by atoms with Gasteiger partial charge in [-0.3, -0.25) is 4.90 Å². The summed E-state index contributed by atoms with van der Waals surface area (Å²) in [7, 11) is 0. The maximum Gasteiger partial charge on any atom is 0.461 e. The SMILES string of the molecule is C[C@H](c1cccc(OC(F)(F)C(F)F)c1)N1CCNCC1.Cl. The maximum atomic E-state index is 12.9. The Balaban J connectivity index is 0.00000242. The number of nitrogens with zero attached hydrogens (tertiary/aromatic N) is 1. The van der Waals surface area contributed by atoms with E-state index in [0.29, 0.717) is 0 Å². The molecular weight excluding hydrogens is 324 g/mol. The minimum atomic E-state index is -4.48. The fourth-order valence-corrected chi connectivity index (χ4v) is 2.32. The number of benzene rings is 1. The standard InChI is InChI=1S/C14H18F4N2O.ClH/c1-10(20-7-5-19-6-8-20)11-3-2-4-12(9-11)21-14(17,18)13(15)16;/h2-4,9-10,13,19H,5-8H2,1H3;1H/t10-;/m1./s1. The predicted molar refractivity (Wildman–Crippen MR) is 78.1 cm³/mol. The molecule has 1 aromatic carbocycles. The van der Waals surface area contributed by atoms with E-state index in [1.54, 1.807) is 6.07 Å². The molecule has 3 nitrogen and oxygen atoms in total. The van der Waals surface area contributed by atoms with Crippen molar-refractivity contribution >= 4 is 12.4 Å². The van der Waals surface area contributed by atoms with Gasteiger partial charge in [-0.1, -0.05) is 12.1 Å². The minimum absolute atomic E-state index is 0. The van der Waals surface area contributed by atoms with Crippen LogP contribution >= 0.6 is 12.4 Å². The van der Waals surface area contributed by atoms with Crippen molar-refractivity contribution in [3.8, 4) is 5.75 Å². The number of piperazine rings is 1. The van der Waals surface area contributed by atoms with Crippen LogP contribution in [0, 0.1) is 0 Å². The molecule has 0 aliphatic carbocycles. The number of halogens is 5. The molecule has 0 radical (unpaired) electrons. The van der Waals surface area contributed by atoms with Crippen molar-refractivity contribution in [1.82, 2.24) is 10.2 Å². The number of nitrogens with one attached hydrogen (secondary N) is 1. The highest BCUT2D eigenvalue weighted by Crippen LogP contribution is 2.30. The van der Waals surface area contributed by atoms with Gasteiger partial charge < -0.3 is 10.1 Å². The molecule has 1 atom stereocenters. The molecule has 1 aliphatic rings. The van der Waals surface area contributed by atoms with Crippen LogP contribution in [0.2, 0.25) is 0 Å². The van der Waals surface area contributed by atoms with Crippen LogP contribution < -0.4 is 10.1 Å². The molecule has 0 saturated carbocycles. The van der Waals surface area contributed by atoms with Crippen LogP contribution in [0.1, 0.15) is 18.5 Å². The van der Waals surface area contributed by atoms with Gasteiger partial charge in [0.15, 0.2) is 0 Å². The Morgan fingerprint density at radius 1 is 1.23 bits per heavy atom. The molecule has 8 heteroatoms. The van der Waals surface area contributed by atoms with E-state index >= 15 is 0 Å². The molecule has 1 N–H and O–H groups in total. The summed E-state index contributed by atoms with van der Waals surface area (Å²) < 4.78 is 54.3. The fourth-order valence-electron chi connectivity index (χ4n) is 2.32. The van der Waals surface area contributed by atoms with Crippen molar-refractivity contribution in [2.45, 2.75) is 25.5 Å². The van der Waals surface area contributed by atoms with Crippen LogP contribution in [-0.4, -0.2) is 43.6 Å². The molecule has 0 unspecified atom stereocenters. The Hall–Kier alpha value is -1.05. The normalized spacial score (nSPS) is 17.9. The topological polar surface area (TPSA) is 24.5 Å². The van der Waals surface area contributed by atoms with Gasteiger partial charge in [0.1, 0.15) is 5.75 Å². The summed E-state index contributed by atoms with van der Waals surface area (Å²) in [6.45, 7) is 5.38. The molecule has 1 heterocycles. The van der Waals surface area contributed by atoms with Gasteiger partial charge in [0.2, 0.25) is 0 Å². The van der Waals surface area contributed by atoms with Crippen molar-refractivity contribution < 1.29 is 22.3 Å². The summed E-state index contributed by atoms with van der Waals surface area (Å²) in [5, 5.41) is 3.23. The van der Waals surface area contributed by atoms with Crippen LogP contribution in [0.5, 0.6) is 5.75 Å². The van der Waals surface area contributed by atoms with Crippen molar-refractivity contribution in [2.75, 3.05) is 26.2 Å². The van der Waals surface area contributed by atoms with Crippen molar-refractivity contribution in [3.63, 3.8) is 0 Å². The molecule has 126 valence electrons. The van der Waals surface area contributed by atoms with Crippen LogP contribution in [0.15, 0.2) is 24.3 Å². The third kappa shape index (κ3) is 4.72. The lowest BCUT2D eigenvalue weighted by Gasteiger charge is -2.33. The molecule has 2 rings (SSSR count). The number of hydrogen-bond donors (Lipinski definition) is 1. The summed E-state index contributed by atoms with van der Waals surface area (Å²) in [4.78, 5) is 2.20. The van der Waals surface area contributed by atoms with E-state index < -0.39 is 12.5 Å². The van der Waals surface area contributed by atoms with E-state index in [4.69, 9.17) is 0 Å². The molecule has 0 amide bonds. The Labute approximate surface area is 133 Å². The van der Waals surface area contributed by atoms with Crippen LogP contribution in [0.25, 0.3) is 0 Å². The number of ether oxygens (including phenoxy) is 1. The smallest absolute Gasteiger partial charge is 0.428 e. The first-order valence-electron chi connectivity index (χ1n) is 6.80. The number of alkyl halides is 4. The maximum absolute atomic E-state index is 12.9. The summed E-state index contributed by atoms with van der Waals surface area (Å²) in [5.74, 6) is -0.250. The molecular formula is C14H19ClF4N2O. The lowest BCUT2D eigenvalue weighted by molar-refractivity contribution is -0.253. The van der Waals surface area contributed by atoms with Gasteiger partial charge in [-0.25, -0.2) is 0 Å². The van der Waals surface area contributed by atoms with Crippen LogP contribution in [0.4, 0.5) is 17.6 Å². The van der Waals surface area contributed by atoms with E-state index in [9.17, 15) is 17.6 Å². The second-order valence-electron chi connectivity index (χ2n) is 5.00. The van der Waals surface area contributed by atoms with E-state index in [1.165, 1.54) is 18.2 Å². The Bertz CT molecular complexity index is 470. The summed E-state index contributed by atoms with van der Waals surface area (Å²) >= 11 is 0. The molecule has 0 bridgehead atoms. The van der Waals surface area contributed by atoms with Gasteiger partial charge in [-0.15, -0.1) is 12.4 Å². The highest BCUT2D eigenvalue weighted by molar-refractivity contribution is 5.85. The lowest BCUT2D eigenvalue weighted by Crippen LogP contribution is -2.44. The van der Waals surface area contributed by atoms with E-state index in [2.05, 4.69) is 15.0 Å². The average Bonchev–Trinajstić information content (AvgIpc) is 2.47. The molecule has 1 aromatic rings. The van der Waals surface area contributed by atoms with Crippen molar-refractivity contribution in [2.24, 2.45) is 0 Å². The zero-order valence-corrected chi connectivity index (χ0v) is 12.9. The Morgan fingerprint density at radius 2 is 1.86 bits per heavy atom. The van der Waals surface area contributed by atoms with Gasteiger partial charge in [-0.05, 0) is 24.6 Å².